The van der Waals surface area contributed by atoms with Crippen molar-refractivity contribution in [2.45, 2.75) is 46.2 Å². The first kappa shape index (κ1) is 20.4. The fourth-order valence-corrected chi connectivity index (χ4v) is 5.14. The third-order valence-electron chi connectivity index (χ3n) is 4.81. The van der Waals surface area contributed by atoms with E-state index in [1.54, 1.807) is 9.80 Å². The number of rotatable bonds is 7. The van der Waals surface area contributed by atoms with Crippen molar-refractivity contribution in [2.75, 3.05) is 24.6 Å². The highest BCUT2D eigenvalue weighted by molar-refractivity contribution is 7.91. The molecule has 0 N–H and O–H groups in total. The van der Waals surface area contributed by atoms with E-state index in [2.05, 4.69) is 0 Å². The van der Waals surface area contributed by atoms with Crippen LogP contribution in [0.2, 0.25) is 0 Å². The standard InChI is InChI=1S/C19H28N2O4S/c1-4-21(18-9-11-26(24,25)14-18)19(23)8-10-20(16(3)22)13-17-7-5-6-15(2)12-17/h5-7,12,18H,4,8-11,13-14H2,1-3H3. The summed E-state index contributed by atoms with van der Waals surface area (Å²) < 4.78 is 23.4. The van der Waals surface area contributed by atoms with Gasteiger partial charge in [-0.3, -0.25) is 9.59 Å². The van der Waals surface area contributed by atoms with Gasteiger partial charge in [-0.2, -0.15) is 0 Å². The van der Waals surface area contributed by atoms with Gasteiger partial charge in [-0.1, -0.05) is 29.8 Å². The number of nitrogens with zero attached hydrogens (tertiary/aromatic N) is 2. The molecule has 0 saturated carbocycles. The first-order valence-electron chi connectivity index (χ1n) is 9.03. The molecule has 26 heavy (non-hydrogen) atoms. The van der Waals surface area contributed by atoms with Crippen molar-refractivity contribution in [2.24, 2.45) is 0 Å². The zero-order valence-electron chi connectivity index (χ0n) is 15.8. The van der Waals surface area contributed by atoms with Gasteiger partial charge in [0, 0.05) is 39.0 Å². The van der Waals surface area contributed by atoms with E-state index in [1.165, 1.54) is 6.92 Å². The van der Waals surface area contributed by atoms with Crippen LogP contribution in [0.25, 0.3) is 0 Å². The number of carbonyl (C=O) groups excluding carboxylic acids is 2. The van der Waals surface area contributed by atoms with Crippen LogP contribution >= 0.6 is 0 Å². The summed E-state index contributed by atoms with van der Waals surface area (Å²) in [6.07, 6.45) is 0.706. The van der Waals surface area contributed by atoms with Crippen LogP contribution in [0, 0.1) is 6.92 Å². The molecular weight excluding hydrogens is 352 g/mol. The Labute approximate surface area is 156 Å². The van der Waals surface area contributed by atoms with E-state index in [9.17, 15) is 18.0 Å². The van der Waals surface area contributed by atoms with Gasteiger partial charge in [0.05, 0.1) is 11.5 Å². The van der Waals surface area contributed by atoms with E-state index in [4.69, 9.17) is 0 Å². The van der Waals surface area contributed by atoms with Crippen LogP contribution < -0.4 is 0 Å². The van der Waals surface area contributed by atoms with Gasteiger partial charge in [0.1, 0.15) is 0 Å². The number of amides is 2. The van der Waals surface area contributed by atoms with Gasteiger partial charge >= 0.3 is 0 Å². The maximum Gasteiger partial charge on any atom is 0.224 e. The van der Waals surface area contributed by atoms with Crippen LogP contribution in [0.3, 0.4) is 0 Å². The number of benzene rings is 1. The predicted octanol–water partition coefficient (Wildman–Crippen LogP) is 1.77. The van der Waals surface area contributed by atoms with Crippen molar-refractivity contribution in [3.63, 3.8) is 0 Å². The molecule has 144 valence electrons. The number of sulfone groups is 1. The van der Waals surface area contributed by atoms with E-state index in [0.29, 0.717) is 26.1 Å². The molecule has 1 heterocycles. The Kier molecular flexibility index (Phi) is 6.81. The second-order valence-electron chi connectivity index (χ2n) is 6.92. The van der Waals surface area contributed by atoms with Crippen molar-refractivity contribution in [3.8, 4) is 0 Å². The zero-order chi connectivity index (χ0) is 19.3. The van der Waals surface area contributed by atoms with Crippen molar-refractivity contribution in [3.05, 3.63) is 35.4 Å². The summed E-state index contributed by atoms with van der Waals surface area (Å²) in [4.78, 5) is 27.9. The van der Waals surface area contributed by atoms with Crippen molar-refractivity contribution in [1.82, 2.24) is 9.80 Å². The van der Waals surface area contributed by atoms with Crippen LogP contribution in [-0.4, -0.2) is 60.7 Å². The molecule has 1 fully saturated rings. The smallest absolute Gasteiger partial charge is 0.224 e. The molecule has 0 aliphatic carbocycles. The molecule has 0 aromatic heterocycles. The summed E-state index contributed by atoms with van der Waals surface area (Å²) in [6, 6.07) is 7.71. The second-order valence-corrected chi connectivity index (χ2v) is 9.14. The van der Waals surface area contributed by atoms with E-state index >= 15 is 0 Å². The van der Waals surface area contributed by atoms with Gasteiger partial charge in [0.2, 0.25) is 11.8 Å². The van der Waals surface area contributed by atoms with E-state index in [0.717, 1.165) is 11.1 Å². The average molecular weight is 381 g/mol. The third kappa shape index (κ3) is 5.56. The highest BCUT2D eigenvalue weighted by Crippen LogP contribution is 2.18. The van der Waals surface area contributed by atoms with E-state index < -0.39 is 9.84 Å². The number of hydrogen-bond acceptors (Lipinski definition) is 4. The molecule has 6 nitrogen and oxygen atoms in total. The molecule has 7 heteroatoms. The van der Waals surface area contributed by atoms with Crippen LogP contribution in [0.15, 0.2) is 24.3 Å². The largest absolute Gasteiger partial charge is 0.339 e. The van der Waals surface area contributed by atoms with Crippen LogP contribution in [-0.2, 0) is 26.0 Å². The number of hydrogen-bond donors (Lipinski definition) is 0. The molecular formula is C19H28N2O4S. The Bertz CT molecular complexity index is 761. The van der Waals surface area contributed by atoms with Crippen LogP contribution in [0.1, 0.15) is 37.8 Å². The molecule has 1 aliphatic rings. The highest BCUT2D eigenvalue weighted by atomic mass is 32.2. The Balaban J connectivity index is 1.96. The summed E-state index contributed by atoms with van der Waals surface area (Å²) in [5.74, 6) is 0.0246. The normalized spacial score (nSPS) is 18.5. The average Bonchev–Trinajstić information content (AvgIpc) is 2.91. The molecule has 1 atom stereocenters. The summed E-state index contributed by atoms with van der Waals surface area (Å²) >= 11 is 0. The summed E-state index contributed by atoms with van der Waals surface area (Å²) in [6.45, 7) is 6.64. The Morgan fingerprint density at radius 2 is 2.00 bits per heavy atom. The molecule has 0 bridgehead atoms. The van der Waals surface area contributed by atoms with E-state index in [-0.39, 0.29) is 35.8 Å². The predicted molar refractivity (Wildman–Crippen MR) is 101 cm³/mol. The van der Waals surface area contributed by atoms with Crippen molar-refractivity contribution < 1.29 is 18.0 Å². The summed E-state index contributed by atoms with van der Waals surface area (Å²) in [7, 11) is -3.03. The maximum atomic E-state index is 12.6. The lowest BCUT2D eigenvalue weighted by Crippen LogP contribution is -2.42. The topological polar surface area (TPSA) is 74.8 Å². The quantitative estimate of drug-likeness (QED) is 0.722. The van der Waals surface area contributed by atoms with Gasteiger partial charge < -0.3 is 9.80 Å². The third-order valence-corrected chi connectivity index (χ3v) is 6.56. The van der Waals surface area contributed by atoms with Crippen molar-refractivity contribution in [1.29, 1.82) is 0 Å². The fraction of sp³-hybridized carbons (Fsp3) is 0.579. The van der Waals surface area contributed by atoms with E-state index in [1.807, 2.05) is 38.1 Å². The first-order chi connectivity index (χ1) is 12.2. The molecule has 2 rings (SSSR count). The minimum Gasteiger partial charge on any atom is -0.339 e. The van der Waals surface area contributed by atoms with Crippen molar-refractivity contribution >= 4 is 21.7 Å². The minimum atomic E-state index is -3.03. The highest BCUT2D eigenvalue weighted by Gasteiger charge is 2.33. The summed E-state index contributed by atoms with van der Waals surface area (Å²) in [5, 5.41) is 0. The van der Waals surface area contributed by atoms with Gasteiger partial charge in [0.25, 0.3) is 0 Å². The molecule has 1 aromatic rings. The monoisotopic (exact) mass is 380 g/mol. The lowest BCUT2D eigenvalue weighted by Gasteiger charge is -2.28. The molecule has 0 radical (unpaired) electrons. The number of aryl methyl sites for hydroxylation is 1. The zero-order valence-corrected chi connectivity index (χ0v) is 16.6. The molecule has 1 saturated heterocycles. The maximum absolute atomic E-state index is 12.6. The lowest BCUT2D eigenvalue weighted by molar-refractivity contribution is -0.134. The lowest BCUT2D eigenvalue weighted by atomic mass is 10.1. The van der Waals surface area contributed by atoms with Gasteiger partial charge in [-0.05, 0) is 25.8 Å². The summed E-state index contributed by atoms with van der Waals surface area (Å²) in [5.41, 5.74) is 2.16. The molecule has 1 aromatic carbocycles. The van der Waals surface area contributed by atoms with Gasteiger partial charge in [0.15, 0.2) is 9.84 Å². The molecule has 2 amide bonds. The van der Waals surface area contributed by atoms with Gasteiger partial charge in [-0.15, -0.1) is 0 Å². The number of carbonyl (C=O) groups is 2. The fourth-order valence-electron chi connectivity index (χ4n) is 3.41. The molecule has 0 spiro atoms. The Morgan fingerprint density at radius 1 is 1.27 bits per heavy atom. The van der Waals surface area contributed by atoms with Gasteiger partial charge in [-0.25, -0.2) is 8.42 Å². The Morgan fingerprint density at radius 3 is 2.54 bits per heavy atom. The Hall–Kier alpha value is -1.89. The molecule has 1 unspecified atom stereocenters. The SMILES string of the molecule is CCN(C(=O)CCN(Cc1cccc(C)c1)C(C)=O)C1CCS(=O)(=O)C1. The molecule has 1 aliphatic heterocycles. The van der Waals surface area contributed by atoms with Crippen LogP contribution in [0.5, 0.6) is 0 Å². The second kappa shape index (κ2) is 8.66. The van der Waals surface area contributed by atoms with Crippen LogP contribution in [0.4, 0.5) is 0 Å². The minimum absolute atomic E-state index is 0.0479. The first-order valence-corrected chi connectivity index (χ1v) is 10.8.